The highest BCUT2D eigenvalue weighted by atomic mass is 79.9. The lowest BCUT2D eigenvalue weighted by atomic mass is 9.88. The molecule has 1 atom stereocenters. The number of piperidine rings is 1. The van der Waals surface area contributed by atoms with Crippen LogP contribution in [0.4, 0.5) is 11.5 Å². The Morgan fingerprint density at radius 1 is 1.26 bits per heavy atom. The number of halogens is 1. The molecule has 1 fully saturated rings. The Kier molecular flexibility index (Phi) is 4.86. The van der Waals surface area contributed by atoms with Crippen LogP contribution in [0.5, 0.6) is 5.75 Å². The summed E-state index contributed by atoms with van der Waals surface area (Å²) in [5.74, 6) is 1.45. The number of carbonyl (C=O) groups is 2. The monoisotopic (exact) mass is 429 g/mol. The predicted octanol–water partition coefficient (Wildman–Crippen LogP) is 3.66. The molecule has 0 bridgehead atoms. The molecule has 1 N–H and O–H groups in total. The molecule has 0 saturated carbocycles. The van der Waals surface area contributed by atoms with Crippen LogP contribution in [-0.4, -0.2) is 35.9 Å². The highest BCUT2D eigenvalue weighted by Gasteiger charge is 2.28. The second kappa shape index (κ2) is 7.31. The summed E-state index contributed by atoms with van der Waals surface area (Å²) in [7, 11) is 0. The van der Waals surface area contributed by atoms with Gasteiger partial charge in [-0.2, -0.15) is 0 Å². The zero-order chi connectivity index (χ0) is 19.0. The van der Waals surface area contributed by atoms with Gasteiger partial charge in [0.25, 0.3) is 5.91 Å². The van der Waals surface area contributed by atoms with Crippen molar-refractivity contribution in [2.45, 2.75) is 25.9 Å². The number of rotatable bonds is 3. The van der Waals surface area contributed by atoms with Gasteiger partial charge in [0.05, 0.1) is 5.69 Å². The highest BCUT2D eigenvalue weighted by molar-refractivity contribution is 9.10. The Balaban J connectivity index is 1.43. The summed E-state index contributed by atoms with van der Waals surface area (Å²) in [4.78, 5) is 31.4. The Morgan fingerprint density at radius 3 is 2.74 bits per heavy atom. The number of ketones is 1. The average molecular weight is 430 g/mol. The number of fused-ring (bicyclic) bond motifs is 1. The van der Waals surface area contributed by atoms with Gasteiger partial charge < -0.3 is 15.0 Å². The van der Waals surface area contributed by atoms with Gasteiger partial charge >= 0.3 is 0 Å². The number of hydrogen-bond donors (Lipinski definition) is 1. The van der Waals surface area contributed by atoms with E-state index in [0.29, 0.717) is 17.0 Å². The lowest BCUT2D eigenvalue weighted by Crippen LogP contribution is -2.37. The maximum absolute atomic E-state index is 12.9. The van der Waals surface area contributed by atoms with E-state index < -0.39 is 6.10 Å². The van der Waals surface area contributed by atoms with Crippen LogP contribution < -0.4 is 15.0 Å². The predicted molar refractivity (Wildman–Crippen MR) is 106 cm³/mol. The van der Waals surface area contributed by atoms with Crippen LogP contribution in [0.15, 0.2) is 41.0 Å². The Bertz CT molecular complexity index is 877. The van der Waals surface area contributed by atoms with Crippen molar-refractivity contribution in [3.05, 3.63) is 46.6 Å². The quantitative estimate of drug-likeness (QED) is 0.753. The molecule has 140 valence electrons. The molecule has 0 spiro atoms. The normalized spacial score (nSPS) is 19.9. The Hall–Kier alpha value is -2.41. The number of hydrogen-bond acceptors (Lipinski definition) is 5. The molecular weight excluding hydrogens is 410 g/mol. The molecule has 2 aliphatic rings. The number of nitrogens with zero attached hydrogens (tertiary/aromatic N) is 2. The van der Waals surface area contributed by atoms with E-state index in [0.717, 1.165) is 36.2 Å². The van der Waals surface area contributed by atoms with Crippen LogP contribution in [0.1, 0.15) is 30.1 Å². The van der Waals surface area contributed by atoms with E-state index in [-0.39, 0.29) is 17.6 Å². The SMILES string of the molecule is CC1Oc2ccc(C(=O)C3CCN(c4ccc(Br)cn4)CC3)cc2NC1=O. The van der Waals surface area contributed by atoms with Crippen molar-refractivity contribution < 1.29 is 14.3 Å². The summed E-state index contributed by atoms with van der Waals surface area (Å²) in [6.45, 7) is 3.30. The topological polar surface area (TPSA) is 71.5 Å². The van der Waals surface area contributed by atoms with E-state index in [1.165, 1.54) is 0 Å². The first-order valence-electron chi connectivity index (χ1n) is 9.03. The number of ether oxygens (including phenoxy) is 1. The van der Waals surface area contributed by atoms with Crippen LogP contribution in [0.3, 0.4) is 0 Å². The second-order valence-electron chi connectivity index (χ2n) is 6.92. The molecule has 1 aromatic heterocycles. The summed E-state index contributed by atoms with van der Waals surface area (Å²) in [6, 6.07) is 9.24. The van der Waals surface area contributed by atoms with Gasteiger partial charge in [-0.15, -0.1) is 0 Å². The maximum atomic E-state index is 12.9. The van der Waals surface area contributed by atoms with Gasteiger partial charge in [-0.05, 0) is 66.0 Å². The van der Waals surface area contributed by atoms with Crippen molar-refractivity contribution in [2.75, 3.05) is 23.3 Å². The Morgan fingerprint density at radius 2 is 2.04 bits per heavy atom. The minimum absolute atomic E-state index is 0.0196. The molecule has 1 unspecified atom stereocenters. The summed E-state index contributed by atoms with van der Waals surface area (Å²) in [5, 5.41) is 2.80. The zero-order valence-corrected chi connectivity index (χ0v) is 16.5. The van der Waals surface area contributed by atoms with Gasteiger partial charge in [0, 0.05) is 35.2 Å². The molecule has 0 aliphatic carbocycles. The smallest absolute Gasteiger partial charge is 0.265 e. The molecular formula is C20H20BrN3O3. The van der Waals surface area contributed by atoms with Gasteiger partial charge in [-0.25, -0.2) is 4.98 Å². The van der Waals surface area contributed by atoms with Crippen molar-refractivity contribution in [1.82, 2.24) is 4.98 Å². The van der Waals surface area contributed by atoms with Crippen LogP contribution >= 0.6 is 15.9 Å². The van der Waals surface area contributed by atoms with Crippen molar-refractivity contribution in [2.24, 2.45) is 5.92 Å². The van der Waals surface area contributed by atoms with Gasteiger partial charge in [0.15, 0.2) is 11.9 Å². The van der Waals surface area contributed by atoms with E-state index in [2.05, 4.69) is 31.1 Å². The lowest BCUT2D eigenvalue weighted by Gasteiger charge is -2.32. The van der Waals surface area contributed by atoms with Crippen LogP contribution in [0.25, 0.3) is 0 Å². The molecule has 1 saturated heterocycles. The fraction of sp³-hybridized carbons (Fsp3) is 0.350. The molecule has 6 nitrogen and oxygen atoms in total. The molecule has 0 radical (unpaired) electrons. The second-order valence-corrected chi connectivity index (χ2v) is 7.84. The fourth-order valence-corrected chi connectivity index (χ4v) is 3.76. The standard InChI is InChI=1S/C20H20BrN3O3/c1-12-20(26)23-16-10-14(2-4-17(16)27-12)19(25)13-6-8-24(9-7-13)18-5-3-15(21)11-22-18/h2-5,10-13H,6-9H2,1H3,(H,23,26). The first-order valence-corrected chi connectivity index (χ1v) is 9.83. The average Bonchev–Trinajstić information content (AvgIpc) is 2.69. The molecule has 2 aromatic rings. The number of pyridine rings is 1. The summed E-state index contributed by atoms with van der Waals surface area (Å²) < 4.78 is 6.51. The first kappa shape index (κ1) is 18.0. The van der Waals surface area contributed by atoms with Gasteiger partial charge in [-0.1, -0.05) is 0 Å². The number of anilines is 2. The number of amides is 1. The van der Waals surface area contributed by atoms with Crippen molar-refractivity contribution in [3.8, 4) is 5.75 Å². The van der Waals surface area contributed by atoms with Crippen LogP contribution in [0, 0.1) is 5.92 Å². The summed E-state index contributed by atoms with van der Waals surface area (Å²) in [5.41, 5.74) is 1.19. The third-order valence-corrected chi connectivity index (χ3v) is 5.57. The molecule has 2 aliphatic heterocycles. The number of Topliss-reactive ketones (excluding diaryl/α,β-unsaturated/α-hetero) is 1. The van der Waals surface area contributed by atoms with E-state index in [1.807, 2.05) is 12.1 Å². The third-order valence-electron chi connectivity index (χ3n) is 5.10. The highest BCUT2D eigenvalue weighted by Crippen LogP contribution is 2.32. The minimum atomic E-state index is -0.518. The van der Waals surface area contributed by atoms with E-state index in [4.69, 9.17) is 4.74 Å². The van der Waals surface area contributed by atoms with Gasteiger partial charge in [0.1, 0.15) is 11.6 Å². The molecule has 4 rings (SSSR count). The minimum Gasteiger partial charge on any atom is -0.479 e. The zero-order valence-electron chi connectivity index (χ0n) is 14.9. The van der Waals surface area contributed by atoms with Crippen molar-refractivity contribution >= 4 is 39.1 Å². The Labute approximate surface area is 166 Å². The molecule has 7 heteroatoms. The third kappa shape index (κ3) is 3.69. The van der Waals surface area contributed by atoms with Crippen molar-refractivity contribution in [3.63, 3.8) is 0 Å². The van der Waals surface area contributed by atoms with E-state index in [1.54, 1.807) is 31.3 Å². The first-order chi connectivity index (χ1) is 13.0. The van der Waals surface area contributed by atoms with Crippen LogP contribution in [0.2, 0.25) is 0 Å². The molecule has 3 heterocycles. The summed E-state index contributed by atoms with van der Waals surface area (Å²) in [6.07, 6.45) is 2.84. The number of aromatic nitrogens is 1. The van der Waals surface area contributed by atoms with Crippen molar-refractivity contribution in [1.29, 1.82) is 0 Å². The van der Waals surface area contributed by atoms with E-state index in [9.17, 15) is 9.59 Å². The number of nitrogens with one attached hydrogen (secondary N) is 1. The fourth-order valence-electron chi connectivity index (χ4n) is 3.52. The number of carbonyl (C=O) groups excluding carboxylic acids is 2. The largest absolute Gasteiger partial charge is 0.479 e. The molecule has 27 heavy (non-hydrogen) atoms. The van der Waals surface area contributed by atoms with E-state index >= 15 is 0 Å². The molecule has 1 aromatic carbocycles. The maximum Gasteiger partial charge on any atom is 0.265 e. The van der Waals surface area contributed by atoms with Gasteiger partial charge in [-0.3, -0.25) is 9.59 Å². The van der Waals surface area contributed by atoms with Crippen LogP contribution in [-0.2, 0) is 4.79 Å². The van der Waals surface area contributed by atoms with Gasteiger partial charge in [0.2, 0.25) is 0 Å². The number of benzene rings is 1. The molecule has 1 amide bonds. The summed E-state index contributed by atoms with van der Waals surface area (Å²) >= 11 is 3.40. The lowest BCUT2D eigenvalue weighted by molar-refractivity contribution is -0.122.